The van der Waals surface area contributed by atoms with Crippen LogP contribution >= 0.6 is 11.8 Å². The first-order chi connectivity index (χ1) is 9.10. The minimum Gasteiger partial charge on any atom is -0.313 e. The van der Waals surface area contributed by atoms with Gasteiger partial charge in [-0.1, -0.05) is 32.9 Å². The topological polar surface area (TPSA) is 55.2 Å². The van der Waals surface area contributed by atoms with E-state index in [1.807, 2.05) is 12.1 Å². The van der Waals surface area contributed by atoms with E-state index >= 15 is 0 Å². The van der Waals surface area contributed by atoms with E-state index in [1.54, 1.807) is 23.9 Å². The fourth-order valence-electron chi connectivity index (χ4n) is 1.96. The lowest BCUT2D eigenvalue weighted by Gasteiger charge is -2.23. The van der Waals surface area contributed by atoms with Crippen molar-refractivity contribution in [1.29, 1.82) is 0 Å². The normalized spacial score (nSPS) is 14.1. The Kier molecular flexibility index (Phi) is 6.87. The van der Waals surface area contributed by atoms with Gasteiger partial charge in [0.1, 0.15) is 0 Å². The van der Waals surface area contributed by atoms with Crippen LogP contribution in [0.2, 0.25) is 0 Å². The van der Waals surface area contributed by atoms with Gasteiger partial charge < -0.3 is 5.32 Å². The van der Waals surface area contributed by atoms with Gasteiger partial charge in [-0.05, 0) is 25.5 Å². The molecule has 0 saturated heterocycles. The quantitative estimate of drug-likeness (QED) is 0.447. The molecule has 19 heavy (non-hydrogen) atoms. The summed E-state index contributed by atoms with van der Waals surface area (Å²) in [6.07, 6.45) is 2.12. The van der Waals surface area contributed by atoms with E-state index in [0.29, 0.717) is 11.3 Å². The molecule has 0 spiro atoms. The van der Waals surface area contributed by atoms with Gasteiger partial charge in [-0.2, -0.15) is 0 Å². The summed E-state index contributed by atoms with van der Waals surface area (Å²) < 4.78 is 0. The number of nitrogens with zero attached hydrogens (tertiary/aromatic N) is 1. The third kappa shape index (κ3) is 4.84. The lowest BCUT2D eigenvalue weighted by molar-refractivity contribution is -0.387. The summed E-state index contributed by atoms with van der Waals surface area (Å²) in [6.45, 7) is 7.39. The van der Waals surface area contributed by atoms with Crippen molar-refractivity contribution in [3.05, 3.63) is 34.4 Å². The second-order valence-corrected chi connectivity index (χ2v) is 5.94. The molecule has 0 aliphatic rings. The molecule has 0 radical (unpaired) electrons. The van der Waals surface area contributed by atoms with E-state index in [2.05, 4.69) is 26.1 Å². The number of nitro benzene ring substituents is 1. The minimum atomic E-state index is -0.310. The fourth-order valence-corrected chi connectivity index (χ4v) is 3.24. The van der Waals surface area contributed by atoms with Crippen LogP contribution in [0.3, 0.4) is 0 Å². The van der Waals surface area contributed by atoms with E-state index in [9.17, 15) is 10.1 Å². The van der Waals surface area contributed by atoms with Crippen molar-refractivity contribution < 1.29 is 4.92 Å². The fraction of sp³-hybridized carbons (Fsp3) is 0.571. The summed E-state index contributed by atoms with van der Waals surface area (Å²) in [6, 6.07) is 7.33. The molecule has 4 nitrogen and oxygen atoms in total. The molecule has 0 bridgehead atoms. The van der Waals surface area contributed by atoms with Crippen molar-refractivity contribution in [2.24, 2.45) is 0 Å². The highest BCUT2D eigenvalue weighted by Gasteiger charge is 2.20. The number of hydrogen-bond donors (Lipinski definition) is 1. The maximum atomic E-state index is 11.0. The number of hydrogen-bond acceptors (Lipinski definition) is 4. The van der Waals surface area contributed by atoms with Gasteiger partial charge in [-0.25, -0.2) is 0 Å². The lowest BCUT2D eigenvalue weighted by atomic mass is 10.1. The number of para-hydroxylation sites is 1. The Bertz CT molecular complexity index is 412. The van der Waals surface area contributed by atoms with Crippen molar-refractivity contribution in [3.63, 3.8) is 0 Å². The Balaban J connectivity index is 2.75. The Labute approximate surface area is 119 Å². The number of benzene rings is 1. The number of rotatable bonds is 8. The van der Waals surface area contributed by atoms with Gasteiger partial charge in [0.05, 0.1) is 9.82 Å². The van der Waals surface area contributed by atoms with Gasteiger partial charge in [0.25, 0.3) is 5.69 Å². The summed E-state index contributed by atoms with van der Waals surface area (Å²) in [5, 5.41) is 14.8. The smallest absolute Gasteiger partial charge is 0.282 e. The molecule has 2 unspecified atom stereocenters. The van der Waals surface area contributed by atoms with E-state index in [4.69, 9.17) is 0 Å². The van der Waals surface area contributed by atoms with Crippen molar-refractivity contribution in [2.75, 3.05) is 6.54 Å². The predicted octanol–water partition coefficient (Wildman–Crippen LogP) is 3.85. The predicted molar refractivity (Wildman–Crippen MR) is 80.8 cm³/mol. The molecule has 1 aromatic carbocycles. The van der Waals surface area contributed by atoms with Gasteiger partial charge >= 0.3 is 0 Å². The summed E-state index contributed by atoms with van der Waals surface area (Å²) in [5.74, 6) is 0. The van der Waals surface area contributed by atoms with Crippen LogP contribution in [0.4, 0.5) is 5.69 Å². The van der Waals surface area contributed by atoms with Gasteiger partial charge in [-0.3, -0.25) is 10.1 Å². The van der Waals surface area contributed by atoms with Gasteiger partial charge in [0.15, 0.2) is 0 Å². The summed E-state index contributed by atoms with van der Waals surface area (Å²) in [7, 11) is 0. The maximum Gasteiger partial charge on any atom is 0.282 e. The molecule has 1 rings (SSSR count). The number of thioether (sulfide) groups is 1. The average molecular weight is 282 g/mol. The van der Waals surface area contributed by atoms with Crippen LogP contribution in [0.1, 0.15) is 33.6 Å². The van der Waals surface area contributed by atoms with Crippen LogP contribution in [-0.4, -0.2) is 22.8 Å². The highest BCUT2D eigenvalue weighted by Crippen LogP contribution is 2.33. The molecule has 0 aliphatic carbocycles. The van der Waals surface area contributed by atoms with Crippen molar-refractivity contribution in [3.8, 4) is 0 Å². The Hall–Kier alpha value is -1.07. The zero-order chi connectivity index (χ0) is 14.3. The highest BCUT2D eigenvalue weighted by molar-refractivity contribution is 8.00. The zero-order valence-electron chi connectivity index (χ0n) is 11.8. The molecule has 0 aliphatic heterocycles. The second-order valence-electron chi connectivity index (χ2n) is 4.52. The molecular weight excluding hydrogens is 260 g/mol. The maximum absolute atomic E-state index is 11.0. The summed E-state index contributed by atoms with van der Waals surface area (Å²) >= 11 is 1.58. The van der Waals surface area contributed by atoms with Crippen molar-refractivity contribution >= 4 is 17.4 Å². The first-order valence-corrected chi connectivity index (χ1v) is 7.61. The van der Waals surface area contributed by atoms with Gasteiger partial charge in [-0.15, -0.1) is 11.8 Å². The van der Waals surface area contributed by atoms with Crippen LogP contribution in [0, 0.1) is 10.1 Å². The Morgan fingerprint density at radius 3 is 2.63 bits per heavy atom. The van der Waals surface area contributed by atoms with E-state index < -0.39 is 0 Å². The molecule has 1 aromatic rings. The molecule has 0 fully saturated rings. The van der Waals surface area contributed by atoms with Crippen LogP contribution in [0.5, 0.6) is 0 Å². The van der Waals surface area contributed by atoms with Crippen LogP contribution in [-0.2, 0) is 0 Å². The van der Waals surface area contributed by atoms with Gasteiger partial charge in [0, 0.05) is 17.4 Å². The monoisotopic (exact) mass is 282 g/mol. The van der Waals surface area contributed by atoms with Gasteiger partial charge in [0.2, 0.25) is 0 Å². The van der Waals surface area contributed by atoms with Crippen LogP contribution in [0.25, 0.3) is 0 Å². The molecule has 2 atom stereocenters. The number of nitrogens with one attached hydrogen (secondary N) is 1. The Morgan fingerprint density at radius 1 is 1.37 bits per heavy atom. The zero-order valence-corrected chi connectivity index (χ0v) is 12.6. The molecule has 0 saturated carbocycles. The number of nitro groups is 1. The first kappa shape index (κ1) is 16.0. The minimum absolute atomic E-state index is 0.199. The molecule has 0 aromatic heterocycles. The molecule has 0 amide bonds. The Morgan fingerprint density at radius 2 is 2.05 bits per heavy atom. The summed E-state index contributed by atoms with van der Waals surface area (Å²) in [5.41, 5.74) is 0.199. The van der Waals surface area contributed by atoms with E-state index in [-0.39, 0.29) is 10.6 Å². The standard InChI is InChI=1S/C14H22N2O2S/c1-4-10-15-12(5-2)11(3)19-14-9-7-6-8-13(14)16(17)18/h6-9,11-12,15H,4-5,10H2,1-3H3. The van der Waals surface area contributed by atoms with Crippen LogP contribution in [0.15, 0.2) is 29.2 Å². The molecular formula is C14H22N2O2S. The molecule has 5 heteroatoms. The van der Waals surface area contributed by atoms with Crippen molar-refractivity contribution in [1.82, 2.24) is 5.32 Å². The highest BCUT2D eigenvalue weighted by atomic mass is 32.2. The molecule has 106 valence electrons. The summed E-state index contributed by atoms with van der Waals surface area (Å²) in [4.78, 5) is 11.4. The molecule has 1 N–H and O–H groups in total. The first-order valence-electron chi connectivity index (χ1n) is 6.73. The third-order valence-corrected chi connectivity index (χ3v) is 4.34. The van der Waals surface area contributed by atoms with Crippen molar-refractivity contribution in [2.45, 2.75) is 49.8 Å². The molecule has 0 heterocycles. The second kappa shape index (κ2) is 8.17. The lowest BCUT2D eigenvalue weighted by Crippen LogP contribution is -2.36. The van der Waals surface area contributed by atoms with E-state index in [0.717, 1.165) is 24.3 Å². The van der Waals surface area contributed by atoms with E-state index in [1.165, 1.54) is 0 Å². The third-order valence-electron chi connectivity index (χ3n) is 3.04. The van der Waals surface area contributed by atoms with Crippen LogP contribution < -0.4 is 5.32 Å². The largest absolute Gasteiger partial charge is 0.313 e. The SMILES string of the molecule is CCCNC(CC)C(C)Sc1ccccc1[N+](=O)[O-]. The average Bonchev–Trinajstić information content (AvgIpc) is 2.40.